The summed E-state index contributed by atoms with van der Waals surface area (Å²) < 4.78 is 74.8. The Balaban J connectivity index is 0.000000828. The first-order valence-corrected chi connectivity index (χ1v) is 15.3. The van der Waals surface area contributed by atoms with Crippen molar-refractivity contribution < 1.29 is 50.7 Å². The highest BCUT2D eigenvalue weighted by Crippen LogP contribution is 2.36. The molecule has 2 aromatic rings. The summed E-state index contributed by atoms with van der Waals surface area (Å²) in [4.78, 5) is 22.1. The topological polar surface area (TPSA) is 188 Å². The van der Waals surface area contributed by atoms with Crippen molar-refractivity contribution >= 4 is 39.0 Å². The number of benzene rings is 2. The molecule has 2 rings (SSSR count). The standard InChI is InChI=1S/C24H30F3N3O4.C5H12O4S/c1-5-23(6-2,34-18-10-7-16(8-11-18)29-15(3)31)14-22(4,33)21(32)30-17-9-12-20(28)19(13-17)24(25,26)27;1-3-5(6,4-2)10(7,8)9/h7-13,33H,5-6,14,28H2,1-4H3,(H,29,31)(H,30,32);6H,3-4H2,1-2H3,(H,7,8,9). The number of aliphatic hydroxyl groups is 2. The van der Waals surface area contributed by atoms with E-state index >= 15 is 0 Å². The van der Waals surface area contributed by atoms with Crippen LogP contribution in [-0.4, -0.2) is 51.1 Å². The molecule has 15 heteroatoms. The molecule has 248 valence electrons. The number of hydrogen-bond donors (Lipinski definition) is 6. The van der Waals surface area contributed by atoms with Crippen LogP contribution in [-0.2, 0) is 25.9 Å². The van der Waals surface area contributed by atoms with Crippen molar-refractivity contribution in [2.75, 3.05) is 16.4 Å². The number of anilines is 3. The van der Waals surface area contributed by atoms with Crippen molar-refractivity contribution in [3.8, 4) is 5.75 Å². The van der Waals surface area contributed by atoms with E-state index in [0.29, 0.717) is 24.3 Å². The maximum Gasteiger partial charge on any atom is 0.418 e. The maximum atomic E-state index is 13.1. The van der Waals surface area contributed by atoms with Gasteiger partial charge in [0.05, 0.1) is 5.56 Å². The quantitative estimate of drug-likeness (QED) is 0.130. The summed E-state index contributed by atoms with van der Waals surface area (Å²) >= 11 is 0. The molecule has 1 atom stereocenters. The van der Waals surface area contributed by atoms with Crippen molar-refractivity contribution in [1.29, 1.82) is 0 Å². The highest BCUT2D eigenvalue weighted by Gasteiger charge is 2.42. The minimum atomic E-state index is -4.68. The zero-order valence-corrected chi connectivity index (χ0v) is 26.4. The molecule has 2 amide bonds. The zero-order valence-electron chi connectivity index (χ0n) is 25.6. The van der Waals surface area contributed by atoms with E-state index in [0.717, 1.165) is 12.1 Å². The van der Waals surface area contributed by atoms with Gasteiger partial charge >= 0.3 is 6.18 Å². The molecule has 0 heterocycles. The monoisotopic (exact) mass is 649 g/mol. The van der Waals surface area contributed by atoms with Crippen LogP contribution in [0.25, 0.3) is 0 Å². The summed E-state index contributed by atoms with van der Waals surface area (Å²) in [5.41, 5.74) is 1.41. The van der Waals surface area contributed by atoms with Crippen molar-refractivity contribution in [3.63, 3.8) is 0 Å². The lowest BCUT2D eigenvalue weighted by Crippen LogP contribution is -2.49. The van der Waals surface area contributed by atoms with Gasteiger partial charge in [-0.1, -0.05) is 27.7 Å². The predicted molar refractivity (Wildman–Crippen MR) is 161 cm³/mol. The van der Waals surface area contributed by atoms with Crippen LogP contribution in [0.5, 0.6) is 5.75 Å². The number of alkyl halides is 3. The second-order valence-corrected chi connectivity index (χ2v) is 12.2. The molecule has 11 nitrogen and oxygen atoms in total. The van der Waals surface area contributed by atoms with Crippen LogP contribution in [0.4, 0.5) is 30.2 Å². The van der Waals surface area contributed by atoms with Crippen LogP contribution in [0.15, 0.2) is 42.5 Å². The third-order valence-electron chi connectivity index (χ3n) is 7.15. The van der Waals surface area contributed by atoms with Gasteiger partial charge < -0.3 is 31.3 Å². The molecule has 0 aromatic heterocycles. The van der Waals surface area contributed by atoms with E-state index in [9.17, 15) is 36.3 Å². The van der Waals surface area contributed by atoms with E-state index in [1.54, 1.807) is 24.3 Å². The first kappa shape index (κ1) is 38.6. The number of halogens is 3. The van der Waals surface area contributed by atoms with Gasteiger partial charge in [-0.05, 0) is 75.1 Å². The average molecular weight is 650 g/mol. The molecule has 0 saturated heterocycles. The van der Waals surface area contributed by atoms with Crippen molar-refractivity contribution in [1.82, 2.24) is 0 Å². The summed E-state index contributed by atoms with van der Waals surface area (Å²) in [7, 11) is -4.31. The van der Waals surface area contributed by atoms with E-state index in [4.69, 9.17) is 20.1 Å². The second kappa shape index (κ2) is 15.1. The lowest BCUT2D eigenvalue weighted by atomic mass is 9.83. The Labute approximate surface area is 255 Å². The lowest BCUT2D eigenvalue weighted by Gasteiger charge is -2.38. The third-order valence-corrected chi connectivity index (χ3v) is 8.69. The van der Waals surface area contributed by atoms with Crippen molar-refractivity contribution in [2.24, 2.45) is 0 Å². The fourth-order valence-corrected chi connectivity index (χ4v) is 4.94. The molecule has 0 aliphatic carbocycles. The Bertz CT molecular complexity index is 1370. The molecule has 0 aliphatic rings. The minimum Gasteiger partial charge on any atom is -0.487 e. The van der Waals surface area contributed by atoms with Gasteiger partial charge in [-0.3, -0.25) is 14.1 Å². The van der Waals surface area contributed by atoms with Gasteiger partial charge in [-0.15, -0.1) is 0 Å². The predicted octanol–water partition coefficient (Wildman–Crippen LogP) is 5.35. The average Bonchev–Trinajstić information content (AvgIpc) is 2.92. The van der Waals surface area contributed by atoms with E-state index < -0.39 is 49.6 Å². The Morgan fingerprint density at radius 3 is 1.77 bits per heavy atom. The number of nitrogen functional groups attached to an aromatic ring is 1. The van der Waals surface area contributed by atoms with Gasteiger partial charge in [-0.2, -0.15) is 21.6 Å². The van der Waals surface area contributed by atoms with Gasteiger partial charge in [0, 0.05) is 30.4 Å². The van der Waals surface area contributed by atoms with Crippen LogP contribution in [0.2, 0.25) is 0 Å². The molecule has 0 aliphatic heterocycles. The van der Waals surface area contributed by atoms with E-state index in [1.807, 2.05) is 13.8 Å². The highest BCUT2D eigenvalue weighted by atomic mass is 32.2. The van der Waals surface area contributed by atoms with E-state index in [-0.39, 0.29) is 30.9 Å². The number of rotatable bonds is 12. The number of amides is 2. The number of carbonyl (C=O) groups excluding carboxylic acids is 2. The van der Waals surface area contributed by atoms with Crippen LogP contribution >= 0.6 is 0 Å². The molecule has 44 heavy (non-hydrogen) atoms. The number of ether oxygens (including phenoxy) is 1. The Morgan fingerprint density at radius 1 is 0.886 bits per heavy atom. The van der Waals surface area contributed by atoms with Gasteiger partial charge in [0.1, 0.15) is 17.0 Å². The number of nitrogens with one attached hydrogen (secondary N) is 2. The SMILES string of the molecule is CCC(CC)(CC(C)(O)C(=O)Nc1ccc(N)c(C(F)(F)F)c1)Oc1ccc(NC(C)=O)cc1.CCC(O)(CC)S(=O)(=O)O. The van der Waals surface area contributed by atoms with Crippen LogP contribution in [0.3, 0.4) is 0 Å². The van der Waals surface area contributed by atoms with Gasteiger partial charge in [0.15, 0.2) is 4.93 Å². The molecular weight excluding hydrogens is 607 g/mol. The zero-order chi connectivity index (χ0) is 34.1. The van der Waals surface area contributed by atoms with Crippen molar-refractivity contribution in [3.05, 3.63) is 48.0 Å². The fourth-order valence-electron chi connectivity index (χ4n) is 4.21. The summed E-state index contributed by atoms with van der Waals surface area (Å²) in [6, 6.07) is 9.65. The van der Waals surface area contributed by atoms with E-state index in [2.05, 4.69) is 10.6 Å². The van der Waals surface area contributed by atoms with Crippen molar-refractivity contribution in [2.45, 2.75) is 96.0 Å². The number of carbonyl (C=O) groups is 2. The molecule has 0 spiro atoms. The largest absolute Gasteiger partial charge is 0.487 e. The Kier molecular flexibility index (Phi) is 13.2. The lowest BCUT2D eigenvalue weighted by molar-refractivity contribution is -0.139. The second-order valence-electron chi connectivity index (χ2n) is 10.5. The Morgan fingerprint density at radius 2 is 1.39 bits per heavy atom. The first-order chi connectivity index (χ1) is 20.1. The molecule has 0 radical (unpaired) electrons. The maximum absolute atomic E-state index is 13.1. The summed E-state index contributed by atoms with van der Waals surface area (Å²) in [5.74, 6) is -0.612. The molecule has 7 N–H and O–H groups in total. The number of nitrogens with two attached hydrogens (primary N) is 1. The normalized spacial score (nSPS) is 13.6. The smallest absolute Gasteiger partial charge is 0.418 e. The molecule has 0 fully saturated rings. The summed E-state index contributed by atoms with van der Waals surface area (Å²) in [6.45, 7) is 9.37. The van der Waals surface area contributed by atoms with Crippen LogP contribution in [0, 0.1) is 0 Å². The minimum absolute atomic E-state index is 0.00231. The molecular formula is C29H42F3N3O8S. The van der Waals surface area contributed by atoms with Crippen LogP contribution in [0.1, 0.15) is 79.2 Å². The van der Waals surface area contributed by atoms with Gasteiger partial charge in [0.25, 0.3) is 16.0 Å². The first-order valence-electron chi connectivity index (χ1n) is 13.8. The summed E-state index contributed by atoms with van der Waals surface area (Å²) in [5, 5.41) is 25.1. The molecule has 0 saturated carbocycles. The van der Waals surface area contributed by atoms with E-state index in [1.165, 1.54) is 33.8 Å². The van der Waals surface area contributed by atoms with Crippen LogP contribution < -0.4 is 21.1 Å². The Hall–Kier alpha value is -3.40. The van der Waals surface area contributed by atoms with Gasteiger partial charge in [-0.25, -0.2) is 0 Å². The third kappa shape index (κ3) is 10.6. The number of hydrogen-bond acceptors (Lipinski definition) is 8. The summed E-state index contributed by atoms with van der Waals surface area (Å²) in [6.07, 6.45) is -3.91. The fraction of sp³-hybridized carbons (Fsp3) is 0.517. The highest BCUT2D eigenvalue weighted by molar-refractivity contribution is 7.87. The molecule has 2 aromatic carbocycles. The molecule has 1 unspecified atom stereocenters. The van der Waals surface area contributed by atoms with Gasteiger partial charge in [0.2, 0.25) is 5.91 Å². The molecule has 0 bridgehead atoms.